The molecule has 0 unspecified atom stereocenters. The fraction of sp³-hybridized carbons (Fsp3) is 0.200. The SMILES string of the molecule is C[C@@]1(c2ccc(F)cc2)NC(=O)NC1=O. The summed E-state index contributed by atoms with van der Waals surface area (Å²) in [6.45, 7) is 1.57. The molecule has 0 aromatic heterocycles. The summed E-state index contributed by atoms with van der Waals surface area (Å²) in [5.41, 5.74) is -0.558. The molecule has 1 aromatic rings. The van der Waals surface area contributed by atoms with E-state index in [1.54, 1.807) is 6.92 Å². The van der Waals surface area contributed by atoms with E-state index in [0.29, 0.717) is 5.56 Å². The van der Waals surface area contributed by atoms with Crippen molar-refractivity contribution in [2.75, 3.05) is 0 Å². The lowest BCUT2D eigenvalue weighted by Crippen LogP contribution is -2.40. The highest BCUT2D eigenvalue weighted by Gasteiger charge is 2.43. The van der Waals surface area contributed by atoms with Gasteiger partial charge in [0.25, 0.3) is 5.91 Å². The van der Waals surface area contributed by atoms with Gasteiger partial charge in [0.15, 0.2) is 0 Å². The molecular formula is C10H9FN2O2. The molecule has 0 radical (unpaired) electrons. The fourth-order valence-electron chi connectivity index (χ4n) is 1.53. The molecule has 5 heteroatoms. The molecule has 0 bridgehead atoms. The Bertz CT molecular complexity index is 430. The standard InChI is InChI=1S/C10H9FN2O2/c1-10(8(14)12-9(15)13-10)6-2-4-7(11)5-3-6/h2-5H,1H3,(H2,12,13,14,15)/t10-/m0/s1. The lowest BCUT2D eigenvalue weighted by molar-refractivity contribution is -0.123. The number of hydrogen-bond donors (Lipinski definition) is 2. The van der Waals surface area contributed by atoms with Gasteiger partial charge in [-0.3, -0.25) is 10.1 Å². The van der Waals surface area contributed by atoms with E-state index in [0.717, 1.165) is 0 Å². The summed E-state index contributed by atoms with van der Waals surface area (Å²) in [6.07, 6.45) is 0. The Balaban J connectivity index is 2.41. The molecule has 78 valence electrons. The van der Waals surface area contributed by atoms with Crippen molar-refractivity contribution in [1.82, 2.24) is 10.6 Å². The van der Waals surface area contributed by atoms with E-state index >= 15 is 0 Å². The smallest absolute Gasteiger partial charge is 0.320 e. The van der Waals surface area contributed by atoms with E-state index in [1.807, 2.05) is 0 Å². The van der Waals surface area contributed by atoms with Gasteiger partial charge in [-0.2, -0.15) is 0 Å². The van der Waals surface area contributed by atoms with Crippen molar-refractivity contribution in [2.45, 2.75) is 12.5 Å². The van der Waals surface area contributed by atoms with Crippen molar-refractivity contribution in [2.24, 2.45) is 0 Å². The number of carbonyl (C=O) groups is 2. The Kier molecular flexibility index (Phi) is 1.96. The van der Waals surface area contributed by atoms with Gasteiger partial charge < -0.3 is 5.32 Å². The summed E-state index contributed by atoms with van der Waals surface area (Å²) in [4.78, 5) is 22.5. The maximum Gasteiger partial charge on any atom is 0.322 e. The molecule has 1 aliphatic rings. The van der Waals surface area contributed by atoms with Crippen molar-refractivity contribution in [3.63, 3.8) is 0 Å². The largest absolute Gasteiger partial charge is 0.322 e. The van der Waals surface area contributed by atoms with Crippen LogP contribution in [0, 0.1) is 5.82 Å². The van der Waals surface area contributed by atoms with E-state index in [2.05, 4.69) is 10.6 Å². The van der Waals surface area contributed by atoms with Gasteiger partial charge in [-0.15, -0.1) is 0 Å². The number of hydrogen-bond acceptors (Lipinski definition) is 2. The van der Waals surface area contributed by atoms with Gasteiger partial charge in [-0.25, -0.2) is 9.18 Å². The zero-order valence-electron chi connectivity index (χ0n) is 8.00. The Morgan fingerprint density at radius 1 is 1.20 bits per heavy atom. The van der Waals surface area contributed by atoms with Crippen LogP contribution in [-0.4, -0.2) is 11.9 Å². The van der Waals surface area contributed by atoms with Gasteiger partial charge in [0.1, 0.15) is 11.4 Å². The third-order valence-electron chi connectivity index (χ3n) is 2.47. The summed E-state index contributed by atoms with van der Waals surface area (Å²) >= 11 is 0. The van der Waals surface area contributed by atoms with Crippen molar-refractivity contribution in [3.05, 3.63) is 35.6 Å². The zero-order chi connectivity index (χ0) is 11.1. The lowest BCUT2D eigenvalue weighted by atomic mass is 9.92. The van der Waals surface area contributed by atoms with Crippen LogP contribution < -0.4 is 10.6 Å². The van der Waals surface area contributed by atoms with Crippen LogP contribution in [0.4, 0.5) is 9.18 Å². The molecule has 0 aliphatic carbocycles. The van der Waals surface area contributed by atoms with Crippen LogP contribution in [0.1, 0.15) is 12.5 Å². The predicted molar refractivity (Wildman–Crippen MR) is 50.4 cm³/mol. The lowest BCUT2D eigenvalue weighted by Gasteiger charge is -2.20. The molecule has 2 rings (SSSR count). The van der Waals surface area contributed by atoms with Crippen LogP contribution in [0.15, 0.2) is 24.3 Å². The first-order chi connectivity index (χ1) is 7.02. The second-order valence-electron chi connectivity index (χ2n) is 3.54. The van der Waals surface area contributed by atoms with Gasteiger partial charge in [0, 0.05) is 0 Å². The number of urea groups is 1. The van der Waals surface area contributed by atoms with Crippen LogP contribution in [0.2, 0.25) is 0 Å². The fourth-order valence-corrected chi connectivity index (χ4v) is 1.53. The third-order valence-corrected chi connectivity index (χ3v) is 2.47. The van der Waals surface area contributed by atoms with Crippen LogP contribution in [0.25, 0.3) is 0 Å². The number of nitrogens with one attached hydrogen (secondary N) is 2. The minimum Gasteiger partial charge on any atom is -0.320 e. The van der Waals surface area contributed by atoms with Crippen molar-refractivity contribution in [1.29, 1.82) is 0 Å². The number of rotatable bonds is 1. The van der Waals surface area contributed by atoms with Crippen molar-refractivity contribution in [3.8, 4) is 0 Å². The maximum atomic E-state index is 12.7. The summed E-state index contributed by atoms with van der Waals surface area (Å²) in [5.74, 6) is -0.814. The Hall–Kier alpha value is -1.91. The van der Waals surface area contributed by atoms with Crippen LogP contribution >= 0.6 is 0 Å². The van der Waals surface area contributed by atoms with E-state index in [1.165, 1.54) is 24.3 Å². The van der Waals surface area contributed by atoms with E-state index in [-0.39, 0.29) is 5.82 Å². The Labute approximate surface area is 85.5 Å². The topological polar surface area (TPSA) is 58.2 Å². The molecule has 2 N–H and O–H groups in total. The van der Waals surface area contributed by atoms with Crippen molar-refractivity contribution >= 4 is 11.9 Å². The maximum absolute atomic E-state index is 12.7. The summed E-state index contributed by atoms with van der Waals surface area (Å²) in [7, 11) is 0. The molecule has 1 aromatic carbocycles. The van der Waals surface area contributed by atoms with Crippen LogP contribution in [0.3, 0.4) is 0 Å². The third kappa shape index (κ3) is 1.45. The highest BCUT2D eigenvalue weighted by molar-refractivity contribution is 6.07. The van der Waals surface area contributed by atoms with Gasteiger partial charge in [-0.1, -0.05) is 12.1 Å². The highest BCUT2D eigenvalue weighted by Crippen LogP contribution is 2.24. The average Bonchev–Trinajstić information content (AvgIpc) is 2.42. The number of benzene rings is 1. The molecule has 1 fully saturated rings. The second-order valence-corrected chi connectivity index (χ2v) is 3.54. The van der Waals surface area contributed by atoms with E-state index < -0.39 is 17.5 Å². The highest BCUT2D eigenvalue weighted by atomic mass is 19.1. The summed E-state index contributed by atoms with van der Waals surface area (Å²) in [6, 6.07) is 4.91. The molecule has 1 aliphatic heterocycles. The van der Waals surface area contributed by atoms with E-state index in [9.17, 15) is 14.0 Å². The zero-order valence-corrected chi connectivity index (χ0v) is 8.00. The minimum atomic E-state index is -1.11. The number of halogens is 1. The minimum absolute atomic E-state index is 0.382. The first-order valence-electron chi connectivity index (χ1n) is 4.42. The number of imide groups is 1. The summed E-state index contributed by atoms with van der Waals surface area (Å²) in [5, 5.41) is 4.63. The average molecular weight is 208 g/mol. The van der Waals surface area contributed by atoms with Gasteiger partial charge in [0.05, 0.1) is 0 Å². The summed E-state index contributed by atoms with van der Waals surface area (Å²) < 4.78 is 12.7. The number of amides is 3. The molecule has 0 saturated carbocycles. The monoisotopic (exact) mass is 208 g/mol. The predicted octanol–water partition coefficient (Wildman–Crippen LogP) is 0.880. The first-order valence-corrected chi connectivity index (χ1v) is 4.42. The molecule has 1 heterocycles. The van der Waals surface area contributed by atoms with Crippen LogP contribution in [0.5, 0.6) is 0 Å². The second kappa shape index (κ2) is 3.05. The van der Waals surface area contributed by atoms with Gasteiger partial charge in [-0.05, 0) is 24.6 Å². The molecule has 3 amide bonds. The quantitative estimate of drug-likeness (QED) is 0.673. The molecule has 1 atom stereocenters. The Morgan fingerprint density at radius 2 is 1.80 bits per heavy atom. The number of carbonyl (C=O) groups excluding carboxylic acids is 2. The molecule has 1 saturated heterocycles. The molecule has 15 heavy (non-hydrogen) atoms. The molecular weight excluding hydrogens is 199 g/mol. The van der Waals surface area contributed by atoms with Crippen LogP contribution in [-0.2, 0) is 10.3 Å². The van der Waals surface area contributed by atoms with Gasteiger partial charge in [0.2, 0.25) is 0 Å². The van der Waals surface area contributed by atoms with Gasteiger partial charge >= 0.3 is 6.03 Å². The normalized spacial score (nSPS) is 24.9. The molecule has 4 nitrogen and oxygen atoms in total. The van der Waals surface area contributed by atoms with Crippen molar-refractivity contribution < 1.29 is 14.0 Å². The van der Waals surface area contributed by atoms with E-state index in [4.69, 9.17) is 0 Å². The molecule has 0 spiro atoms. The Morgan fingerprint density at radius 3 is 2.27 bits per heavy atom. The first kappa shape index (κ1) is 9.64.